The number of methoxy groups -OCH3 is 1. The van der Waals surface area contributed by atoms with E-state index in [4.69, 9.17) is 19.3 Å². The van der Waals surface area contributed by atoms with Crippen molar-refractivity contribution >= 4 is 23.7 Å². The molecule has 3 rings (SSSR count). The fourth-order valence-electron chi connectivity index (χ4n) is 3.20. The smallest absolute Gasteiger partial charge is 0.341 e. The summed E-state index contributed by atoms with van der Waals surface area (Å²) in [5.41, 5.74) is 1.76. The van der Waals surface area contributed by atoms with Crippen LogP contribution in [-0.2, 0) is 14.3 Å². The van der Waals surface area contributed by atoms with Crippen LogP contribution in [0.4, 0.5) is 4.79 Å². The van der Waals surface area contributed by atoms with Crippen molar-refractivity contribution in [2.45, 2.75) is 13.0 Å². The fourth-order valence-corrected chi connectivity index (χ4v) is 3.20. The Morgan fingerprint density at radius 2 is 1.84 bits per heavy atom. The van der Waals surface area contributed by atoms with Gasteiger partial charge in [0, 0.05) is 0 Å². The standard InChI is InChI=1S/C22H22N2O7/c1-3-30-21(27)18-19(13-7-5-4-6-8-13)23-22(28)24-20(18)14-9-10-15(16(11-14)29-2)31-12-17(25)26/h4-11,20H,3,12H2,1-2H3,(H,25,26)(H2,23,24,28)/t20-/m0/s1. The molecular formula is C22H22N2O7. The molecule has 2 amide bonds. The largest absolute Gasteiger partial charge is 0.493 e. The Morgan fingerprint density at radius 3 is 2.48 bits per heavy atom. The number of rotatable bonds is 8. The van der Waals surface area contributed by atoms with Crippen molar-refractivity contribution in [3.8, 4) is 11.5 Å². The van der Waals surface area contributed by atoms with Gasteiger partial charge >= 0.3 is 18.0 Å². The Balaban J connectivity index is 2.10. The van der Waals surface area contributed by atoms with E-state index < -0.39 is 30.6 Å². The average molecular weight is 426 g/mol. The third kappa shape index (κ3) is 4.95. The van der Waals surface area contributed by atoms with E-state index >= 15 is 0 Å². The van der Waals surface area contributed by atoms with Crippen molar-refractivity contribution in [1.29, 1.82) is 0 Å². The second-order valence-corrected chi connectivity index (χ2v) is 6.50. The van der Waals surface area contributed by atoms with Crippen molar-refractivity contribution in [2.24, 2.45) is 0 Å². The maximum absolute atomic E-state index is 12.9. The molecule has 31 heavy (non-hydrogen) atoms. The number of carboxylic acids is 1. The third-order valence-electron chi connectivity index (χ3n) is 4.50. The highest BCUT2D eigenvalue weighted by molar-refractivity contribution is 6.04. The van der Waals surface area contributed by atoms with E-state index in [1.54, 1.807) is 43.3 Å². The molecule has 1 aliphatic rings. The van der Waals surface area contributed by atoms with Gasteiger partial charge in [-0.25, -0.2) is 14.4 Å². The lowest BCUT2D eigenvalue weighted by Gasteiger charge is -2.30. The molecule has 2 aromatic carbocycles. The minimum absolute atomic E-state index is 0.163. The van der Waals surface area contributed by atoms with Crippen molar-refractivity contribution in [3.63, 3.8) is 0 Å². The van der Waals surface area contributed by atoms with Gasteiger partial charge in [-0.05, 0) is 30.2 Å². The van der Waals surface area contributed by atoms with Gasteiger partial charge in [0.2, 0.25) is 0 Å². The van der Waals surface area contributed by atoms with Crippen LogP contribution in [0.3, 0.4) is 0 Å². The number of hydrogen-bond acceptors (Lipinski definition) is 6. The van der Waals surface area contributed by atoms with Gasteiger partial charge in [0.05, 0.1) is 31.0 Å². The molecule has 3 N–H and O–H groups in total. The predicted octanol–water partition coefficient (Wildman–Crippen LogP) is 2.49. The summed E-state index contributed by atoms with van der Waals surface area (Å²) in [6.45, 7) is 1.32. The van der Waals surface area contributed by atoms with Crippen molar-refractivity contribution in [3.05, 3.63) is 65.2 Å². The zero-order chi connectivity index (χ0) is 22.4. The van der Waals surface area contributed by atoms with E-state index in [2.05, 4.69) is 10.6 Å². The molecule has 0 radical (unpaired) electrons. The summed E-state index contributed by atoms with van der Waals surface area (Å²) in [7, 11) is 1.41. The van der Waals surface area contributed by atoms with Gasteiger partial charge in [-0.3, -0.25) is 0 Å². The molecule has 0 unspecified atom stereocenters. The number of carbonyl (C=O) groups excluding carboxylic acids is 2. The minimum atomic E-state index is -1.13. The maximum atomic E-state index is 12.9. The maximum Gasteiger partial charge on any atom is 0.341 e. The first-order valence-electron chi connectivity index (χ1n) is 9.51. The van der Waals surface area contributed by atoms with Crippen molar-refractivity contribution < 1.29 is 33.7 Å². The molecule has 9 heteroatoms. The highest BCUT2D eigenvalue weighted by Crippen LogP contribution is 2.36. The van der Waals surface area contributed by atoms with Crippen LogP contribution in [-0.4, -0.2) is 43.4 Å². The summed E-state index contributed by atoms with van der Waals surface area (Å²) in [5.74, 6) is -1.23. The quantitative estimate of drug-likeness (QED) is 0.554. The van der Waals surface area contributed by atoms with Crippen LogP contribution in [0.5, 0.6) is 11.5 Å². The first-order valence-corrected chi connectivity index (χ1v) is 9.51. The molecule has 1 heterocycles. The van der Waals surface area contributed by atoms with Crippen LogP contribution >= 0.6 is 0 Å². The highest BCUT2D eigenvalue weighted by Gasteiger charge is 2.34. The molecule has 9 nitrogen and oxygen atoms in total. The van der Waals surface area contributed by atoms with Gasteiger partial charge in [-0.1, -0.05) is 36.4 Å². The van der Waals surface area contributed by atoms with E-state index in [0.29, 0.717) is 16.8 Å². The number of aliphatic carboxylic acids is 1. The molecule has 162 valence electrons. The molecule has 0 aromatic heterocycles. The number of carbonyl (C=O) groups is 3. The number of amides is 2. The second kappa shape index (κ2) is 9.66. The van der Waals surface area contributed by atoms with E-state index in [1.165, 1.54) is 13.2 Å². The Labute approximate surface area is 178 Å². The Bertz CT molecular complexity index is 1020. The highest BCUT2D eigenvalue weighted by atomic mass is 16.5. The molecule has 2 aromatic rings. The van der Waals surface area contributed by atoms with Gasteiger partial charge in [0.1, 0.15) is 0 Å². The summed E-state index contributed by atoms with van der Waals surface area (Å²) in [6.07, 6.45) is 0. The zero-order valence-corrected chi connectivity index (χ0v) is 17.0. The summed E-state index contributed by atoms with van der Waals surface area (Å²) in [4.78, 5) is 36.1. The second-order valence-electron chi connectivity index (χ2n) is 6.50. The lowest BCUT2D eigenvalue weighted by Crippen LogP contribution is -2.45. The minimum Gasteiger partial charge on any atom is -0.493 e. The van der Waals surface area contributed by atoms with Gasteiger partial charge < -0.3 is 30.0 Å². The number of benzene rings is 2. The third-order valence-corrected chi connectivity index (χ3v) is 4.50. The lowest BCUT2D eigenvalue weighted by molar-refractivity contribution is -0.140. The van der Waals surface area contributed by atoms with E-state index in [0.717, 1.165) is 0 Å². The molecular weight excluding hydrogens is 404 g/mol. The molecule has 0 saturated carbocycles. The molecule has 0 fully saturated rings. The number of nitrogens with one attached hydrogen (secondary N) is 2. The van der Waals surface area contributed by atoms with Crippen LogP contribution < -0.4 is 20.1 Å². The fraction of sp³-hybridized carbons (Fsp3) is 0.227. The normalized spacial score (nSPS) is 15.5. The van der Waals surface area contributed by atoms with Gasteiger partial charge in [-0.2, -0.15) is 0 Å². The molecule has 0 saturated heterocycles. The molecule has 1 atom stereocenters. The molecule has 0 aliphatic carbocycles. The molecule has 1 aliphatic heterocycles. The number of esters is 1. The van der Waals surface area contributed by atoms with Crippen LogP contribution in [0.25, 0.3) is 5.70 Å². The Morgan fingerprint density at radius 1 is 1.10 bits per heavy atom. The van der Waals surface area contributed by atoms with Crippen LogP contribution in [0.15, 0.2) is 54.1 Å². The lowest BCUT2D eigenvalue weighted by atomic mass is 9.92. The average Bonchev–Trinajstić information content (AvgIpc) is 2.77. The summed E-state index contributed by atoms with van der Waals surface area (Å²) in [5, 5.41) is 14.3. The number of ether oxygens (including phenoxy) is 3. The Hall–Kier alpha value is -4.01. The predicted molar refractivity (Wildman–Crippen MR) is 111 cm³/mol. The van der Waals surface area contributed by atoms with Gasteiger partial charge in [0.15, 0.2) is 18.1 Å². The topological polar surface area (TPSA) is 123 Å². The summed E-state index contributed by atoms with van der Waals surface area (Å²) >= 11 is 0. The summed E-state index contributed by atoms with van der Waals surface area (Å²) < 4.78 is 15.8. The first-order chi connectivity index (χ1) is 14.9. The Kier molecular flexibility index (Phi) is 6.76. The van der Waals surface area contributed by atoms with E-state index in [-0.39, 0.29) is 23.7 Å². The van der Waals surface area contributed by atoms with Crippen LogP contribution in [0.1, 0.15) is 24.1 Å². The first kappa shape index (κ1) is 21.7. The number of urea groups is 1. The SMILES string of the molecule is CCOC(=O)C1=C(c2ccccc2)NC(=O)N[C@H]1c1ccc(OCC(=O)O)c(OC)c1. The molecule has 0 bridgehead atoms. The molecule has 0 spiro atoms. The van der Waals surface area contributed by atoms with Crippen LogP contribution in [0, 0.1) is 0 Å². The summed E-state index contributed by atoms with van der Waals surface area (Å²) in [6, 6.07) is 12.4. The van der Waals surface area contributed by atoms with E-state index in [9.17, 15) is 14.4 Å². The van der Waals surface area contributed by atoms with Gasteiger partial charge in [0.25, 0.3) is 0 Å². The zero-order valence-electron chi connectivity index (χ0n) is 17.0. The van der Waals surface area contributed by atoms with E-state index in [1.807, 2.05) is 6.07 Å². The van der Waals surface area contributed by atoms with Crippen molar-refractivity contribution in [2.75, 3.05) is 20.3 Å². The van der Waals surface area contributed by atoms with Gasteiger partial charge in [-0.15, -0.1) is 0 Å². The number of carboxylic acid groups (broad SMARTS) is 1. The monoisotopic (exact) mass is 426 g/mol. The number of hydrogen-bond donors (Lipinski definition) is 3. The van der Waals surface area contributed by atoms with Crippen LogP contribution in [0.2, 0.25) is 0 Å². The van der Waals surface area contributed by atoms with Crippen molar-refractivity contribution in [1.82, 2.24) is 10.6 Å².